The number of likely N-dealkylation sites (tertiary alicyclic amines) is 1. The normalized spacial score (nSPS) is 25.1. The van der Waals surface area contributed by atoms with Crippen LogP contribution in [0.25, 0.3) is 0 Å². The van der Waals surface area contributed by atoms with E-state index in [1.54, 1.807) is 0 Å². The molecule has 2 fully saturated rings. The lowest BCUT2D eigenvalue weighted by Gasteiger charge is -2.29. The van der Waals surface area contributed by atoms with Gasteiger partial charge < -0.3 is 15.3 Å². The van der Waals surface area contributed by atoms with Crippen molar-refractivity contribution < 1.29 is 9.90 Å². The molecule has 110 valence electrons. The molecular weight excluding hydrogens is 240 g/mol. The SMILES string of the molecule is CC(NCC1(O)CCCCCC1)C(=O)N1CCCC1. The Kier molecular flexibility index (Phi) is 5.22. The van der Waals surface area contributed by atoms with Gasteiger partial charge in [-0.2, -0.15) is 0 Å². The minimum atomic E-state index is -0.601. The highest BCUT2D eigenvalue weighted by atomic mass is 16.3. The summed E-state index contributed by atoms with van der Waals surface area (Å²) in [5.41, 5.74) is -0.601. The Morgan fingerprint density at radius 1 is 1.16 bits per heavy atom. The first kappa shape index (κ1) is 14.8. The molecule has 1 unspecified atom stereocenters. The maximum Gasteiger partial charge on any atom is 0.239 e. The van der Waals surface area contributed by atoms with Crippen LogP contribution in [0.5, 0.6) is 0 Å². The maximum absolute atomic E-state index is 12.2. The third-order valence-electron chi connectivity index (χ3n) is 4.56. The van der Waals surface area contributed by atoms with E-state index >= 15 is 0 Å². The first-order valence-electron chi connectivity index (χ1n) is 7.85. The molecule has 1 amide bonds. The van der Waals surface area contributed by atoms with Crippen molar-refractivity contribution >= 4 is 5.91 Å². The minimum absolute atomic E-state index is 0.176. The number of carbonyl (C=O) groups excluding carboxylic acids is 1. The van der Waals surface area contributed by atoms with E-state index in [1.165, 1.54) is 12.8 Å². The summed E-state index contributed by atoms with van der Waals surface area (Å²) in [5.74, 6) is 0.190. The average molecular weight is 268 g/mol. The molecule has 0 bridgehead atoms. The molecular formula is C15H28N2O2. The molecule has 0 radical (unpaired) electrons. The van der Waals surface area contributed by atoms with E-state index in [9.17, 15) is 9.90 Å². The first-order chi connectivity index (χ1) is 9.11. The Morgan fingerprint density at radius 3 is 2.32 bits per heavy atom. The van der Waals surface area contributed by atoms with Gasteiger partial charge >= 0.3 is 0 Å². The Morgan fingerprint density at radius 2 is 1.74 bits per heavy atom. The van der Waals surface area contributed by atoms with E-state index in [4.69, 9.17) is 0 Å². The molecule has 2 N–H and O–H groups in total. The van der Waals surface area contributed by atoms with Gasteiger partial charge in [-0.05, 0) is 32.6 Å². The predicted molar refractivity (Wildman–Crippen MR) is 75.9 cm³/mol. The molecule has 19 heavy (non-hydrogen) atoms. The Bertz CT molecular complexity index is 293. The van der Waals surface area contributed by atoms with Crippen LogP contribution in [-0.4, -0.2) is 47.2 Å². The third-order valence-corrected chi connectivity index (χ3v) is 4.56. The van der Waals surface area contributed by atoms with Gasteiger partial charge in [0, 0.05) is 19.6 Å². The highest BCUT2D eigenvalue weighted by Crippen LogP contribution is 2.26. The van der Waals surface area contributed by atoms with Crippen molar-refractivity contribution in [1.82, 2.24) is 10.2 Å². The van der Waals surface area contributed by atoms with E-state index < -0.39 is 5.60 Å². The molecule has 1 aliphatic heterocycles. The van der Waals surface area contributed by atoms with Gasteiger partial charge in [0.2, 0.25) is 5.91 Å². The highest BCUT2D eigenvalue weighted by molar-refractivity contribution is 5.81. The Labute approximate surface area is 116 Å². The minimum Gasteiger partial charge on any atom is -0.389 e. The van der Waals surface area contributed by atoms with Crippen molar-refractivity contribution in [2.75, 3.05) is 19.6 Å². The molecule has 1 saturated carbocycles. The fourth-order valence-electron chi connectivity index (χ4n) is 3.21. The van der Waals surface area contributed by atoms with Crippen LogP contribution < -0.4 is 5.32 Å². The van der Waals surface area contributed by atoms with Crippen molar-refractivity contribution in [3.63, 3.8) is 0 Å². The van der Waals surface area contributed by atoms with Gasteiger partial charge in [-0.3, -0.25) is 4.79 Å². The van der Waals surface area contributed by atoms with Gasteiger partial charge in [-0.1, -0.05) is 25.7 Å². The standard InChI is InChI=1S/C15H28N2O2/c1-13(14(18)17-10-6-7-11-17)16-12-15(19)8-4-2-3-5-9-15/h13,16,19H,2-12H2,1H3. The smallest absolute Gasteiger partial charge is 0.239 e. The van der Waals surface area contributed by atoms with E-state index in [0.717, 1.165) is 51.6 Å². The van der Waals surface area contributed by atoms with Gasteiger partial charge in [0.25, 0.3) is 0 Å². The first-order valence-corrected chi connectivity index (χ1v) is 7.85. The molecule has 1 saturated heterocycles. The van der Waals surface area contributed by atoms with Crippen LogP contribution in [0.3, 0.4) is 0 Å². The second-order valence-electron chi connectivity index (χ2n) is 6.27. The highest BCUT2D eigenvalue weighted by Gasteiger charge is 2.30. The summed E-state index contributed by atoms with van der Waals surface area (Å²) >= 11 is 0. The molecule has 2 rings (SSSR count). The number of rotatable bonds is 4. The Balaban J connectivity index is 1.78. The zero-order valence-corrected chi connectivity index (χ0v) is 12.2. The lowest BCUT2D eigenvalue weighted by Crippen LogP contribution is -2.49. The molecule has 2 aliphatic rings. The summed E-state index contributed by atoms with van der Waals surface area (Å²) in [7, 11) is 0. The van der Waals surface area contributed by atoms with E-state index in [2.05, 4.69) is 5.32 Å². The molecule has 0 aromatic rings. The van der Waals surface area contributed by atoms with Crippen molar-refractivity contribution in [1.29, 1.82) is 0 Å². The lowest BCUT2D eigenvalue weighted by atomic mass is 9.94. The number of hydrogen-bond donors (Lipinski definition) is 2. The molecule has 1 heterocycles. The maximum atomic E-state index is 12.2. The summed E-state index contributed by atoms with van der Waals surface area (Å²) in [5, 5.41) is 13.8. The Hall–Kier alpha value is -0.610. The molecule has 0 spiro atoms. The second-order valence-corrected chi connectivity index (χ2v) is 6.27. The monoisotopic (exact) mass is 268 g/mol. The quantitative estimate of drug-likeness (QED) is 0.763. The molecule has 4 heteroatoms. The van der Waals surface area contributed by atoms with Crippen molar-refractivity contribution in [2.24, 2.45) is 0 Å². The van der Waals surface area contributed by atoms with Crippen LogP contribution in [0.2, 0.25) is 0 Å². The van der Waals surface area contributed by atoms with Crippen LogP contribution in [0.15, 0.2) is 0 Å². The van der Waals surface area contributed by atoms with Gasteiger partial charge in [0.05, 0.1) is 11.6 Å². The van der Waals surface area contributed by atoms with Crippen molar-refractivity contribution in [3.05, 3.63) is 0 Å². The largest absolute Gasteiger partial charge is 0.389 e. The number of hydrogen-bond acceptors (Lipinski definition) is 3. The summed E-state index contributed by atoms with van der Waals surface area (Å²) in [6.45, 7) is 4.26. The van der Waals surface area contributed by atoms with E-state index in [0.29, 0.717) is 6.54 Å². The van der Waals surface area contributed by atoms with Crippen LogP contribution in [0, 0.1) is 0 Å². The van der Waals surface area contributed by atoms with E-state index in [-0.39, 0.29) is 11.9 Å². The number of nitrogens with zero attached hydrogens (tertiary/aromatic N) is 1. The molecule has 0 aromatic carbocycles. The number of nitrogens with one attached hydrogen (secondary N) is 1. The molecule has 1 atom stereocenters. The van der Waals surface area contributed by atoms with Crippen molar-refractivity contribution in [3.8, 4) is 0 Å². The lowest BCUT2D eigenvalue weighted by molar-refractivity contribution is -0.132. The number of amides is 1. The van der Waals surface area contributed by atoms with Gasteiger partial charge in [-0.15, -0.1) is 0 Å². The topological polar surface area (TPSA) is 52.6 Å². The van der Waals surface area contributed by atoms with Crippen molar-refractivity contribution in [2.45, 2.75) is 69.9 Å². The molecule has 4 nitrogen and oxygen atoms in total. The van der Waals surface area contributed by atoms with Gasteiger partial charge in [0.15, 0.2) is 0 Å². The predicted octanol–water partition coefficient (Wildman–Crippen LogP) is 1.67. The van der Waals surface area contributed by atoms with Crippen LogP contribution >= 0.6 is 0 Å². The third kappa shape index (κ3) is 4.18. The summed E-state index contributed by atoms with van der Waals surface area (Å²) < 4.78 is 0. The average Bonchev–Trinajstić information content (AvgIpc) is 2.85. The van der Waals surface area contributed by atoms with Gasteiger partial charge in [0.1, 0.15) is 0 Å². The number of aliphatic hydroxyl groups is 1. The van der Waals surface area contributed by atoms with E-state index in [1.807, 2.05) is 11.8 Å². The zero-order valence-electron chi connectivity index (χ0n) is 12.2. The molecule has 1 aliphatic carbocycles. The van der Waals surface area contributed by atoms with Crippen LogP contribution in [0.4, 0.5) is 0 Å². The van der Waals surface area contributed by atoms with Crippen LogP contribution in [-0.2, 0) is 4.79 Å². The second kappa shape index (κ2) is 6.71. The zero-order chi connectivity index (χ0) is 13.7. The fourth-order valence-corrected chi connectivity index (χ4v) is 3.21. The summed E-state index contributed by atoms with van der Waals surface area (Å²) in [4.78, 5) is 14.1. The van der Waals surface area contributed by atoms with Crippen LogP contribution in [0.1, 0.15) is 58.3 Å². The fraction of sp³-hybridized carbons (Fsp3) is 0.933. The summed E-state index contributed by atoms with van der Waals surface area (Å²) in [6, 6.07) is -0.176. The van der Waals surface area contributed by atoms with Gasteiger partial charge in [-0.25, -0.2) is 0 Å². The molecule has 0 aromatic heterocycles. The summed E-state index contributed by atoms with van der Waals surface area (Å²) in [6.07, 6.45) is 8.65. The number of carbonyl (C=O) groups is 1.